The Balaban J connectivity index is 2.51. The number of hydrogen-bond acceptors (Lipinski definition) is 4. The molecule has 0 saturated heterocycles. The molecule has 0 atom stereocenters. The van der Waals surface area contributed by atoms with Gasteiger partial charge in [0.1, 0.15) is 11.6 Å². The summed E-state index contributed by atoms with van der Waals surface area (Å²) in [6.07, 6.45) is 0. The van der Waals surface area contributed by atoms with Gasteiger partial charge in [0.15, 0.2) is 5.82 Å². The van der Waals surface area contributed by atoms with Crippen molar-refractivity contribution in [2.45, 2.75) is 13.8 Å². The van der Waals surface area contributed by atoms with Crippen LogP contribution in [0.4, 0.5) is 5.82 Å². The number of halogens is 1. The fourth-order valence-electron chi connectivity index (χ4n) is 1.81. The van der Waals surface area contributed by atoms with Gasteiger partial charge in [-0.1, -0.05) is 11.6 Å². The number of aryl methyl sites for hydroxylation is 1. The van der Waals surface area contributed by atoms with E-state index in [1.807, 2.05) is 26.0 Å². The fraction of sp³-hybridized carbons (Fsp3) is 0.286. The molecule has 0 bridgehead atoms. The van der Waals surface area contributed by atoms with E-state index in [0.29, 0.717) is 16.6 Å². The summed E-state index contributed by atoms with van der Waals surface area (Å²) in [6, 6.07) is 7.34. The summed E-state index contributed by atoms with van der Waals surface area (Å²) >= 11 is 5.96. The Bertz CT molecular complexity index is 587. The lowest BCUT2D eigenvalue weighted by molar-refractivity contribution is 0.416. The molecule has 2 rings (SSSR count). The molecule has 5 heteroatoms. The van der Waals surface area contributed by atoms with E-state index in [2.05, 4.69) is 15.3 Å². The molecule has 0 saturated carbocycles. The average Bonchev–Trinajstić information content (AvgIpc) is 2.38. The summed E-state index contributed by atoms with van der Waals surface area (Å²) < 4.78 is 5.34. The highest BCUT2D eigenvalue weighted by molar-refractivity contribution is 6.30. The summed E-state index contributed by atoms with van der Waals surface area (Å²) in [4.78, 5) is 8.94. The number of methoxy groups -OCH3 is 1. The van der Waals surface area contributed by atoms with Crippen LogP contribution in [0.3, 0.4) is 0 Å². The lowest BCUT2D eigenvalue weighted by Gasteiger charge is -2.10. The average molecular weight is 278 g/mol. The van der Waals surface area contributed by atoms with Gasteiger partial charge in [-0.25, -0.2) is 9.97 Å². The van der Waals surface area contributed by atoms with E-state index in [-0.39, 0.29) is 0 Å². The van der Waals surface area contributed by atoms with E-state index in [9.17, 15) is 0 Å². The standard InChI is InChI=1S/C14H16ClN3O/c1-4-16-13-7-9(2)17-14(18-13)11-6-5-10(15)8-12(11)19-3/h5-8H,4H2,1-3H3,(H,16,17,18). The highest BCUT2D eigenvalue weighted by Crippen LogP contribution is 2.30. The molecule has 19 heavy (non-hydrogen) atoms. The van der Waals surface area contributed by atoms with Gasteiger partial charge in [-0.15, -0.1) is 0 Å². The molecule has 1 N–H and O–H groups in total. The Hall–Kier alpha value is -1.81. The van der Waals surface area contributed by atoms with Crippen molar-refractivity contribution in [3.8, 4) is 17.1 Å². The van der Waals surface area contributed by atoms with Crippen LogP contribution in [-0.2, 0) is 0 Å². The minimum Gasteiger partial charge on any atom is -0.496 e. The molecular formula is C14H16ClN3O. The molecule has 1 aromatic heterocycles. The van der Waals surface area contributed by atoms with Crippen molar-refractivity contribution < 1.29 is 4.74 Å². The monoisotopic (exact) mass is 277 g/mol. The zero-order chi connectivity index (χ0) is 13.8. The number of ether oxygens (including phenoxy) is 1. The number of rotatable bonds is 4. The van der Waals surface area contributed by atoms with Crippen molar-refractivity contribution in [3.63, 3.8) is 0 Å². The largest absolute Gasteiger partial charge is 0.496 e. The van der Waals surface area contributed by atoms with Gasteiger partial charge in [-0.2, -0.15) is 0 Å². The third kappa shape index (κ3) is 3.15. The van der Waals surface area contributed by atoms with Gasteiger partial charge in [-0.3, -0.25) is 0 Å². The summed E-state index contributed by atoms with van der Waals surface area (Å²) in [5.74, 6) is 2.10. The van der Waals surface area contributed by atoms with E-state index in [4.69, 9.17) is 16.3 Å². The molecule has 1 heterocycles. The van der Waals surface area contributed by atoms with Crippen molar-refractivity contribution in [1.82, 2.24) is 9.97 Å². The van der Waals surface area contributed by atoms with Crippen LogP contribution in [0.25, 0.3) is 11.4 Å². The number of hydrogen-bond donors (Lipinski definition) is 1. The van der Waals surface area contributed by atoms with Crippen LogP contribution in [-0.4, -0.2) is 23.6 Å². The van der Waals surface area contributed by atoms with Crippen molar-refractivity contribution in [3.05, 3.63) is 35.0 Å². The predicted octanol–water partition coefficient (Wildman–Crippen LogP) is 3.55. The van der Waals surface area contributed by atoms with Gasteiger partial charge < -0.3 is 10.1 Å². The van der Waals surface area contributed by atoms with E-state index >= 15 is 0 Å². The van der Waals surface area contributed by atoms with Crippen LogP contribution in [0.15, 0.2) is 24.3 Å². The van der Waals surface area contributed by atoms with Crippen LogP contribution in [0.5, 0.6) is 5.75 Å². The van der Waals surface area contributed by atoms with Crippen LogP contribution >= 0.6 is 11.6 Å². The van der Waals surface area contributed by atoms with Crippen molar-refractivity contribution in [2.24, 2.45) is 0 Å². The highest BCUT2D eigenvalue weighted by Gasteiger charge is 2.11. The Morgan fingerprint density at radius 2 is 2.05 bits per heavy atom. The Morgan fingerprint density at radius 1 is 1.26 bits per heavy atom. The second kappa shape index (κ2) is 5.89. The molecule has 4 nitrogen and oxygen atoms in total. The number of aromatic nitrogens is 2. The van der Waals surface area contributed by atoms with Crippen LogP contribution < -0.4 is 10.1 Å². The van der Waals surface area contributed by atoms with Gasteiger partial charge in [0, 0.05) is 23.3 Å². The summed E-state index contributed by atoms with van der Waals surface area (Å²) in [5.41, 5.74) is 1.73. The van der Waals surface area contributed by atoms with Crippen LogP contribution in [0.2, 0.25) is 5.02 Å². The molecule has 0 aliphatic carbocycles. The van der Waals surface area contributed by atoms with E-state index in [1.165, 1.54) is 0 Å². The van der Waals surface area contributed by atoms with Gasteiger partial charge in [0.05, 0.1) is 12.7 Å². The number of nitrogens with zero attached hydrogens (tertiary/aromatic N) is 2. The molecule has 100 valence electrons. The van der Waals surface area contributed by atoms with Gasteiger partial charge in [0.25, 0.3) is 0 Å². The Kier molecular flexibility index (Phi) is 4.22. The molecule has 0 spiro atoms. The molecule has 0 aliphatic rings. The first-order valence-electron chi connectivity index (χ1n) is 6.07. The minimum absolute atomic E-state index is 0.625. The maximum absolute atomic E-state index is 5.96. The number of benzene rings is 1. The quantitative estimate of drug-likeness (QED) is 0.928. The zero-order valence-electron chi connectivity index (χ0n) is 11.2. The maximum atomic E-state index is 5.96. The molecule has 0 unspecified atom stereocenters. The van der Waals surface area contributed by atoms with Gasteiger partial charge in [0.2, 0.25) is 0 Å². The summed E-state index contributed by atoms with van der Waals surface area (Å²) in [7, 11) is 1.61. The van der Waals surface area contributed by atoms with Crippen LogP contribution in [0, 0.1) is 6.92 Å². The third-order valence-corrected chi connectivity index (χ3v) is 2.85. The Morgan fingerprint density at radius 3 is 2.74 bits per heavy atom. The summed E-state index contributed by atoms with van der Waals surface area (Å²) in [5, 5.41) is 3.81. The first-order valence-corrected chi connectivity index (χ1v) is 6.45. The molecule has 0 aliphatic heterocycles. The molecule has 0 amide bonds. The maximum Gasteiger partial charge on any atom is 0.165 e. The van der Waals surface area contributed by atoms with E-state index in [1.54, 1.807) is 19.2 Å². The lowest BCUT2D eigenvalue weighted by atomic mass is 10.2. The topological polar surface area (TPSA) is 47.0 Å². The van der Waals surface area contributed by atoms with Crippen molar-refractivity contribution in [2.75, 3.05) is 19.0 Å². The molecular weight excluding hydrogens is 262 g/mol. The predicted molar refractivity (Wildman–Crippen MR) is 77.9 cm³/mol. The third-order valence-electron chi connectivity index (χ3n) is 2.62. The van der Waals surface area contributed by atoms with Crippen molar-refractivity contribution >= 4 is 17.4 Å². The van der Waals surface area contributed by atoms with E-state index < -0.39 is 0 Å². The van der Waals surface area contributed by atoms with Crippen LogP contribution in [0.1, 0.15) is 12.6 Å². The number of anilines is 1. The fourth-order valence-corrected chi connectivity index (χ4v) is 1.97. The normalized spacial score (nSPS) is 10.3. The summed E-state index contributed by atoms with van der Waals surface area (Å²) in [6.45, 7) is 4.78. The molecule has 0 radical (unpaired) electrons. The Labute approximate surface area is 117 Å². The van der Waals surface area contributed by atoms with E-state index in [0.717, 1.165) is 23.6 Å². The smallest absolute Gasteiger partial charge is 0.165 e. The molecule has 1 aromatic carbocycles. The van der Waals surface area contributed by atoms with Gasteiger partial charge >= 0.3 is 0 Å². The zero-order valence-corrected chi connectivity index (χ0v) is 12.0. The van der Waals surface area contributed by atoms with Gasteiger partial charge in [-0.05, 0) is 32.0 Å². The number of nitrogens with one attached hydrogen (secondary N) is 1. The first-order chi connectivity index (χ1) is 9.13. The highest BCUT2D eigenvalue weighted by atomic mass is 35.5. The first kappa shape index (κ1) is 13.6. The second-order valence-corrected chi connectivity index (χ2v) is 4.53. The van der Waals surface area contributed by atoms with Crippen molar-refractivity contribution in [1.29, 1.82) is 0 Å². The minimum atomic E-state index is 0.625. The SMILES string of the molecule is CCNc1cc(C)nc(-c2ccc(Cl)cc2OC)n1. The lowest BCUT2D eigenvalue weighted by Crippen LogP contribution is -2.03. The molecule has 0 fully saturated rings. The molecule has 2 aromatic rings. The second-order valence-electron chi connectivity index (χ2n) is 4.09.